The highest BCUT2D eigenvalue weighted by Gasteiger charge is 2.64. The van der Waals surface area contributed by atoms with Gasteiger partial charge in [0.05, 0.1) is 0 Å². The molecular weight excluding hydrogens is 300 g/mol. The van der Waals surface area contributed by atoms with Crippen molar-refractivity contribution in [3.8, 4) is 0 Å². The maximum absolute atomic E-state index is 12.8. The first-order valence-corrected chi connectivity index (χ1v) is 9.73. The molecular formula is C21H30O3. The number of hydrogen-bond acceptors (Lipinski definition) is 3. The third-order valence-corrected chi connectivity index (χ3v) is 8.56. The van der Waals surface area contributed by atoms with Crippen LogP contribution in [0.4, 0.5) is 0 Å². The Hall–Kier alpha value is -0.990. The SMILES string of the molecule is CC1(C)C[C@@]2(C)C(CC[C@@H]3[C@H]2CC[C@]2(C)C(=O)CC[C@@H]32)C(=O)C1=O. The van der Waals surface area contributed by atoms with Gasteiger partial charge in [-0.15, -0.1) is 0 Å². The van der Waals surface area contributed by atoms with E-state index in [2.05, 4.69) is 13.8 Å². The molecule has 4 aliphatic carbocycles. The van der Waals surface area contributed by atoms with Crippen LogP contribution < -0.4 is 0 Å². The molecule has 0 radical (unpaired) electrons. The van der Waals surface area contributed by atoms with Crippen molar-refractivity contribution in [2.75, 3.05) is 0 Å². The first kappa shape index (κ1) is 16.5. The molecule has 1 unspecified atom stereocenters. The molecule has 0 aliphatic heterocycles. The second-order valence-corrected chi connectivity index (χ2v) is 10.2. The van der Waals surface area contributed by atoms with Gasteiger partial charge in [-0.25, -0.2) is 0 Å². The van der Waals surface area contributed by atoms with Gasteiger partial charge in [-0.3, -0.25) is 14.4 Å². The maximum Gasteiger partial charge on any atom is 0.204 e. The summed E-state index contributed by atoms with van der Waals surface area (Å²) in [6.07, 6.45) is 6.50. The Morgan fingerprint density at radius 1 is 0.875 bits per heavy atom. The average molecular weight is 330 g/mol. The fraction of sp³-hybridized carbons (Fsp3) is 0.857. The van der Waals surface area contributed by atoms with Gasteiger partial charge in [0.25, 0.3) is 0 Å². The minimum absolute atomic E-state index is 0.0651. The van der Waals surface area contributed by atoms with Crippen LogP contribution in [0.5, 0.6) is 0 Å². The summed E-state index contributed by atoms with van der Waals surface area (Å²) in [5, 5.41) is 0. The fourth-order valence-corrected chi connectivity index (χ4v) is 7.44. The Morgan fingerprint density at radius 2 is 1.58 bits per heavy atom. The summed E-state index contributed by atoms with van der Waals surface area (Å²) in [4.78, 5) is 37.7. The second kappa shape index (κ2) is 4.80. The van der Waals surface area contributed by atoms with Gasteiger partial charge >= 0.3 is 0 Å². The van der Waals surface area contributed by atoms with E-state index in [1.165, 1.54) is 0 Å². The van der Waals surface area contributed by atoms with E-state index in [-0.39, 0.29) is 28.3 Å². The van der Waals surface area contributed by atoms with E-state index >= 15 is 0 Å². The van der Waals surface area contributed by atoms with Crippen molar-refractivity contribution in [2.45, 2.75) is 72.6 Å². The number of carbonyl (C=O) groups is 3. The number of fused-ring (bicyclic) bond motifs is 5. The van der Waals surface area contributed by atoms with Crippen molar-refractivity contribution in [1.82, 2.24) is 0 Å². The molecule has 0 spiro atoms. The first-order chi connectivity index (χ1) is 11.1. The first-order valence-electron chi connectivity index (χ1n) is 9.73. The summed E-state index contributed by atoms with van der Waals surface area (Å²) >= 11 is 0. The average Bonchev–Trinajstić information content (AvgIpc) is 2.80. The Morgan fingerprint density at radius 3 is 2.29 bits per heavy atom. The molecule has 0 bridgehead atoms. The lowest BCUT2D eigenvalue weighted by molar-refractivity contribution is -0.168. The van der Waals surface area contributed by atoms with Crippen LogP contribution in [-0.2, 0) is 14.4 Å². The number of hydrogen-bond donors (Lipinski definition) is 0. The van der Waals surface area contributed by atoms with E-state index in [0.717, 1.165) is 44.9 Å². The minimum atomic E-state index is -0.531. The Kier molecular flexibility index (Phi) is 3.29. The summed E-state index contributed by atoms with van der Waals surface area (Å²) in [6, 6.07) is 0. The topological polar surface area (TPSA) is 51.2 Å². The van der Waals surface area contributed by atoms with E-state index in [4.69, 9.17) is 0 Å². The van der Waals surface area contributed by atoms with Crippen molar-refractivity contribution < 1.29 is 14.4 Å². The van der Waals surface area contributed by atoms with Gasteiger partial charge in [-0.2, -0.15) is 0 Å². The van der Waals surface area contributed by atoms with Crippen LogP contribution in [0.1, 0.15) is 72.6 Å². The van der Waals surface area contributed by atoms with Crippen molar-refractivity contribution in [1.29, 1.82) is 0 Å². The van der Waals surface area contributed by atoms with Crippen molar-refractivity contribution in [2.24, 2.45) is 39.9 Å². The third-order valence-electron chi connectivity index (χ3n) is 8.56. The number of ketones is 3. The van der Waals surface area contributed by atoms with Crippen LogP contribution in [0.25, 0.3) is 0 Å². The highest BCUT2D eigenvalue weighted by Crippen LogP contribution is 2.66. The molecule has 24 heavy (non-hydrogen) atoms. The maximum atomic E-state index is 12.8. The monoisotopic (exact) mass is 330 g/mol. The highest BCUT2D eigenvalue weighted by atomic mass is 16.2. The van der Waals surface area contributed by atoms with Crippen LogP contribution in [0.3, 0.4) is 0 Å². The van der Waals surface area contributed by atoms with Crippen LogP contribution in [0.2, 0.25) is 0 Å². The third kappa shape index (κ3) is 1.87. The molecule has 3 heteroatoms. The lowest BCUT2D eigenvalue weighted by Gasteiger charge is -2.60. The summed E-state index contributed by atoms with van der Waals surface area (Å²) in [5.41, 5.74) is -0.713. The molecule has 4 rings (SSSR count). The Balaban J connectivity index is 1.72. The van der Waals surface area contributed by atoms with Gasteiger partial charge in [0.2, 0.25) is 11.6 Å². The zero-order valence-corrected chi connectivity index (χ0v) is 15.5. The standard InChI is InChI=1S/C21H30O3/c1-19(2)11-21(4)14-9-10-20(3)13(7-8-16(20)22)12(14)5-6-15(21)17(23)18(19)24/h12-15H,5-11H2,1-4H3/t12-,13-,14+,15?,20-,21+/m0/s1. The van der Waals surface area contributed by atoms with Crippen LogP contribution in [-0.4, -0.2) is 17.3 Å². The van der Waals surface area contributed by atoms with Crippen molar-refractivity contribution >= 4 is 17.3 Å². The summed E-state index contributed by atoms with van der Waals surface area (Å²) in [7, 11) is 0. The smallest absolute Gasteiger partial charge is 0.204 e. The molecule has 4 aliphatic rings. The van der Waals surface area contributed by atoms with E-state index in [0.29, 0.717) is 23.5 Å². The molecule has 3 nitrogen and oxygen atoms in total. The van der Waals surface area contributed by atoms with Gasteiger partial charge in [0.15, 0.2) is 0 Å². The molecule has 0 aromatic heterocycles. The van der Waals surface area contributed by atoms with Gasteiger partial charge in [-0.05, 0) is 61.7 Å². The number of Topliss-reactive ketones (excluding diaryl/α,β-unsaturated/α-hetero) is 3. The molecule has 4 fully saturated rings. The van der Waals surface area contributed by atoms with Crippen molar-refractivity contribution in [3.63, 3.8) is 0 Å². The van der Waals surface area contributed by atoms with Crippen LogP contribution in [0.15, 0.2) is 0 Å². The molecule has 0 saturated heterocycles. The normalized spacial score (nSPS) is 50.2. The predicted molar refractivity (Wildman–Crippen MR) is 91.3 cm³/mol. The zero-order valence-electron chi connectivity index (χ0n) is 15.5. The Labute approximate surface area is 144 Å². The van der Waals surface area contributed by atoms with Gasteiger partial charge in [0, 0.05) is 23.2 Å². The molecule has 0 aromatic carbocycles. The van der Waals surface area contributed by atoms with Gasteiger partial charge in [0.1, 0.15) is 5.78 Å². The van der Waals surface area contributed by atoms with Gasteiger partial charge in [-0.1, -0.05) is 27.7 Å². The molecule has 4 saturated carbocycles. The van der Waals surface area contributed by atoms with E-state index in [1.807, 2.05) is 13.8 Å². The van der Waals surface area contributed by atoms with E-state index < -0.39 is 5.41 Å². The quantitative estimate of drug-likeness (QED) is 0.631. The van der Waals surface area contributed by atoms with Crippen LogP contribution in [0, 0.1) is 39.9 Å². The van der Waals surface area contributed by atoms with Gasteiger partial charge < -0.3 is 0 Å². The molecule has 0 aromatic rings. The number of rotatable bonds is 0. The molecule has 0 heterocycles. The summed E-state index contributed by atoms with van der Waals surface area (Å²) < 4.78 is 0. The highest BCUT2D eigenvalue weighted by molar-refractivity contribution is 6.40. The second-order valence-electron chi connectivity index (χ2n) is 10.2. The van der Waals surface area contributed by atoms with Crippen LogP contribution >= 0.6 is 0 Å². The predicted octanol–water partition coefficient (Wildman–Crippen LogP) is 3.98. The lowest BCUT2D eigenvalue weighted by atomic mass is 9.43. The number of carbonyl (C=O) groups excluding carboxylic acids is 3. The summed E-state index contributed by atoms with van der Waals surface area (Å²) in [6.45, 7) is 8.37. The Bertz CT molecular complexity index is 633. The molecule has 132 valence electrons. The minimum Gasteiger partial charge on any atom is -0.299 e. The molecule has 0 amide bonds. The largest absolute Gasteiger partial charge is 0.299 e. The lowest BCUT2D eigenvalue weighted by Crippen LogP contribution is -2.59. The fourth-order valence-electron chi connectivity index (χ4n) is 7.44. The van der Waals surface area contributed by atoms with Crippen molar-refractivity contribution in [3.05, 3.63) is 0 Å². The molecule has 0 N–H and O–H groups in total. The molecule has 6 atom stereocenters. The van der Waals surface area contributed by atoms with E-state index in [1.54, 1.807) is 0 Å². The van der Waals surface area contributed by atoms with E-state index in [9.17, 15) is 14.4 Å². The zero-order chi connectivity index (χ0) is 17.5. The summed E-state index contributed by atoms with van der Waals surface area (Å²) in [5.74, 6) is 1.68.